The minimum absolute atomic E-state index is 0.442. The third-order valence-corrected chi connectivity index (χ3v) is 3.83. The third kappa shape index (κ3) is 2.82. The summed E-state index contributed by atoms with van der Waals surface area (Å²) in [5.74, 6) is 1.02. The van der Waals surface area contributed by atoms with Gasteiger partial charge >= 0.3 is 0 Å². The molecule has 18 heavy (non-hydrogen) atoms. The van der Waals surface area contributed by atoms with Crippen LogP contribution in [0.3, 0.4) is 0 Å². The van der Waals surface area contributed by atoms with E-state index in [-0.39, 0.29) is 0 Å². The Hall–Kier alpha value is -1.13. The van der Waals surface area contributed by atoms with Gasteiger partial charge in [-0.15, -0.1) is 0 Å². The molecule has 1 aliphatic heterocycles. The van der Waals surface area contributed by atoms with E-state index in [4.69, 9.17) is 0 Å². The van der Waals surface area contributed by atoms with Crippen molar-refractivity contribution in [1.29, 1.82) is 0 Å². The molecule has 0 aromatic carbocycles. The van der Waals surface area contributed by atoms with Crippen LogP contribution in [0, 0.1) is 0 Å². The maximum absolute atomic E-state index is 9.48. The molecule has 0 radical (unpaired) electrons. The second-order valence-electron chi connectivity index (χ2n) is 5.11. The number of hydrogen-bond donors (Lipinski definition) is 1. The zero-order valence-electron chi connectivity index (χ0n) is 11.5. The number of aromatic nitrogens is 1. The first-order chi connectivity index (χ1) is 8.61. The number of nitrogens with zero attached hydrogens (tertiary/aromatic N) is 3. The van der Waals surface area contributed by atoms with Gasteiger partial charge in [-0.25, -0.2) is 4.98 Å². The Morgan fingerprint density at radius 3 is 2.78 bits per heavy atom. The highest BCUT2D eigenvalue weighted by Gasteiger charge is 2.23. The molecule has 0 spiro atoms. The predicted molar refractivity (Wildman–Crippen MR) is 73.8 cm³/mol. The van der Waals surface area contributed by atoms with Crippen LogP contribution in [-0.2, 0) is 0 Å². The first-order valence-electron chi connectivity index (χ1n) is 6.71. The third-order valence-electron chi connectivity index (χ3n) is 3.83. The van der Waals surface area contributed by atoms with E-state index in [9.17, 15) is 5.11 Å². The molecule has 1 aromatic heterocycles. The first kappa shape index (κ1) is 13.3. The van der Waals surface area contributed by atoms with E-state index in [0.29, 0.717) is 6.04 Å². The number of aliphatic hydroxyl groups excluding tert-OH is 1. The normalized spacial score (nSPS) is 23.1. The Morgan fingerprint density at radius 1 is 1.44 bits per heavy atom. The second kappa shape index (κ2) is 5.67. The molecule has 0 amide bonds. The van der Waals surface area contributed by atoms with Gasteiger partial charge in [-0.2, -0.15) is 0 Å². The van der Waals surface area contributed by atoms with Gasteiger partial charge in [0.15, 0.2) is 0 Å². The summed E-state index contributed by atoms with van der Waals surface area (Å²) in [6, 6.07) is 4.59. The molecule has 1 aliphatic rings. The van der Waals surface area contributed by atoms with Crippen LogP contribution in [0.4, 0.5) is 5.82 Å². The van der Waals surface area contributed by atoms with Crippen LogP contribution in [0.5, 0.6) is 0 Å². The molecule has 0 bridgehead atoms. The molecule has 100 valence electrons. The van der Waals surface area contributed by atoms with Gasteiger partial charge < -0.3 is 10.0 Å². The Kier molecular flexibility index (Phi) is 4.19. The van der Waals surface area contributed by atoms with Crippen molar-refractivity contribution in [3.8, 4) is 0 Å². The van der Waals surface area contributed by atoms with Gasteiger partial charge in [0.1, 0.15) is 5.82 Å². The van der Waals surface area contributed by atoms with Crippen LogP contribution in [0.2, 0.25) is 0 Å². The fourth-order valence-electron chi connectivity index (χ4n) is 2.43. The summed E-state index contributed by atoms with van der Waals surface area (Å²) in [6.45, 7) is 7.13. The molecule has 4 nitrogen and oxygen atoms in total. The summed E-state index contributed by atoms with van der Waals surface area (Å²) < 4.78 is 0. The molecule has 2 rings (SSSR count). The summed E-state index contributed by atoms with van der Waals surface area (Å²) in [4.78, 5) is 9.22. The van der Waals surface area contributed by atoms with Crippen LogP contribution in [0.15, 0.2) is 18.3 Å². The predicted octanol–water partition coefficient (Wildman–Crippen LogP) is 1.67. The fourth-order valence-corrected chi connectivity index (χ4v) is 2.43. The molecule has 2 heterocycles. The highest BCUT2D eigenvalue weighted by atomic mass is 16.3. The molecule has 1 aromatic rings. The van der Waals surface area contributed by atoms with Crippen LogP contribution >= 0.6 is 0 Å². The fraction of sp³-hybridized carbons (Fsp3) is 0.643. The Balaban J connectivity index is 2.07. The number of hydrogen-bond acceptors (Lipinski definition) is 4. The van der Waals surface area contributed by atoms with Crippen LogP contribution in [0.25, 0.3) is 0 Å². The second-order valence-corrected chi connectivity index (χ2v) is 5.11. The Bertz CT molecular complexity index is 377. The number of piperazine rings is 1. The van der Waals surface area contributed by atoms with Gasteiger partial charge in [0.05, 0.1) is 6.10 Å². The molecule has 0 aliphatic carbocycles. The number of rotatable bonds is 3. The van der Waals surface area contributed by atoms with Gasteiger partial charge in [0.25, 0.3) is 0 Å². The van der Waals surface area contributed by atoms with E-state index < -0.39 is 6.10 Å². The smallest absolute Gasteiger partial charge is 0.128 e. The zero-order chi connectivity index (χ0) is 13.1. The first-order valence-corrected chi connectivity index (χ1v) is 6.71. The SMILES string of the molecule is CCC1CN(c2ccc([C@H](C)O)cn2)CCN1C. The Labute approximate surface area is 109 Å². The quantitative estimate of drug-likeness (QED) is 0.884. The highest BCUT2D eigenvalue weighted by molar-refractivity contribution is 5.40. The number of anilines is 1. The zero-order valence-corrected chi connectivity index (χ0v) is 11.5. The molecular formula is C14H23N3O. The van der Waals surface area contributed by atoms with Crippen LogP contribution < -0.4 is 4.90 Å². The maximum atomic E-state index is 9.48. The summed E-state index contributed by atoms with van der Waals surface area (Å²) in [7, 11) is 2.19. The average molecular weight is 249 g/mol. The summed E-state index contributed by atoms with van der Waals surface area (Å²) in [5, 5.41) is 9.48. The molecule has 1 N–H and O–H groups in total. The number of likely N-dealkylation sites (N-methyl/N-ethyl adjacent to an activating group) is 1. The lowest BCUT2D eigenvalue weighted by Gasteiger charge is -2.39. The largest absolute Gasteiger partial charge is 0.389 e. The average Bonchev–Trinajstić information content (AvgIpc) is 2.39. The highest BCUT2D eigenvalue weighted by Crippen LogP contribution is 2.19. The maximum Gasteiger partial charge on any atom is 0.128 e. The van der Waals surface area contributed by atoms with Crippen molar-refractivity contribution in [2.75, 3.05) is 31.6 Å². The van der Waals surface area contributed by atoms with Crippen molar-refractivity contribution in [3.63, 3.8) is 0 Å². The standard InChI is InChI=1S/C14H23N3O/c1-4-13-10-17(8-7-16(13)3)14-6-5-12(9-15-14)11(2)18/h5-6,9,11,13,18H,4,7-8,10H2,1-3H3/t11-,13?/m0/s1. The minimum Gasteiger partial charge on any atom is -0.389 e. The monoisotopic (exact) mass is 249 g/mol. The molecule has 1 unspecified atom stereocenters. The van der Waals surface area contributed by atoms with Crippen molar-refractivity contribution in [1.82, 2.24) is 9.88 Å². The van der Waals surface area contributed by atoms with E-state index in [0.717, 1.165) is 31.0 Å². The van der Waals surface area contributed by atoms with Gasteiger partial charge in [0.2, 0.25) is 0 Å². The summed E-state index contributed by atoms with van der Waals surface area (Å²) in [5.41, 5.74) is 0.875. The Morgan fingerprint density at radius 2 is 2.22 bits per heavy atom. The van der Waals surface area contributed by atoms with Crippen molar-refractivity contribution in [2.45, 2.75) is 32.4 Å². The van der Waals surface area contributed by atoms with E-state index in [1.54, 1.807) is 13.1 Å². The lowest BCUT2D eigenvalue weighted by atomic mass is 10.1. The molecule has 4 heteroatoms. The molecule has 0 saturated carbocycles. The summed E-state index contributed by atoms with van der Waals surface area (Å²) >= 11 is 0. The topological polar surface area (TPSA) is 39.6 Å². The molecular weight excluding hydrogens is 226 g/mol. The lowest BCUT2D eigenvalue weighted by molar-refractivity contribution is 0.198. The van der Waals surface area contributed by atoms with Crippen molar-refractivity contribution < 1.29 is 5.11 Å². The number of pyridine rings is 1. The van der Waals surface area contributed by atoms with E-state index >= 15 is 0 Å². The molecule has 2 atom stereocenters. The van der Waals surface area contributed by atoms with Gasteiger partial charge in [0, 0.05) is 31.9 Å². The van der Waals surface area contributed by atoms with E-state index in [1.807, 2.05) is 12.1 Å². The van der Waals surface area contributed by atoms with Crippen molar-refractivity contribution in [3.05, 3.63) is 23.9 Å². The lowest BCUT2D eigenvalue weighted by Crippen LogP contribution is -2.51. The van der Waals surface area contributed by atoms with Gasteiger partial charge in [-0.3, -0.25) is 4.90 Å². The van der Waals surface area contributed by atoms with E-state index in [1.165, 1.54) is 6.42 Å². The van der Waals surface area contributed by atoms with Crippen LogP contribution in [-0.4, -0.2) is 47.7 Å². The number of aliphatic hydroxyl groups is 1. The summed E-state index contributed by atoms with van der Waals surface area (Å²) in [6.07, 6.45) is 2.50. The molecule has 1 fully saturated rings. The minimum atomic E-state index is -0.442. The molecule has 1 saturated heterocycles. The van der Waals surface area contributed by atoms with E-state index in [2.05, 4.69) is 28.8 Å². The van der Waals surface area contributed by atoms with Crippen molar-refractivity contribution in [2.24, 2.45) is 0 Å². The van der Waals surface area contributed by atoms with Gasteiger partial charge in [-0.1, -0.05) is 13.0 Å². The van der Waals surface area contributed by atoms with Crippen molar-refractivity contribution >= 4 is 5.82 Å². The van der Waals surface area contributed by atoms with Gasteiger partial charge in [-0.05, 0) is 32.0 Å². The van der Waals surface area contributed by atoms with Crippen LogP contribution in [0.1, 0.15) is 31.9 Å².